The Kier molecular flexibility index (Phi) is 6.71. The minimum atomic E-state index is -1.05. The highest BCUT2D eigenvalue weighted by atomic mass is 16.4. The van der Waals surface area contributed by atoms with Crippen molar-refractivity contribution in [1.29, 1.82) is 5.26 Å². The van der Waals surface area contributed by atoms with Gasteiger partial charge in [-0.25, -0.2) is 9.59 Å². The molecule has 0 aliphatic rings. The molecule has 1 atom stereocenters. The van der Waals surface area contributed by atoms with Gasteiger partial charge in [-0.2, -0.15) is 5.26 Å². The fourth-order valence-corrected chi connectivity index (χ4v) is 1.33. The van der Waals surface area contributed by atoms with Crippen LogP contribution in [-0.4, -0.2) is 41.1 Å². The normalized spacial score (nSPS) is 11.7. The maximum Gasteiger partial charge on any atom is 0.326 e. The molecule has 0 aliphatic carbocycles. The third kappa shape index (κ3) is 5.20. The molecule has 0 aliphatic heterocycles. The molecule has 0 heterocycles. The Bertz CT molecular complexity index is 310. The molecule has 6 heteroatoms. The SMILES string of the molecule is CCN(CCC#N)C(=O)N[C@H](C(=O)O)C(C)C. The molecule has 2 amide bonds. The Hall–Kier alpha value is -1.77. The Labute approximate surface area is 101 Å². The monoisotopic (exact) mass is 241 g/mol. The lowest BCUT2D eigenvalue weighted by atomic mass is 10.1. The van der Waals surface area contributed by atoms with Gasteiger partial charge in [-0.15, -0.1) is 0 Å². The summed E-state index contributed by atoms with van der Waals surface area (Å²) < 4.78 is 0. The van der Waals surface area contributed by atoms with E-state index in [1.807, 2.05) is 6.07 Å². The Morgan fingerprint density at radius 3 is 2.41 bits per heavy atom. The van der Waals surface area contributed by atoms with Gasteiger partial charge in [-0.3, -0.25) is 0 Å². The predicted molar refractivity (Wildman–Crippen MR) is 62.3 cm³/mol. The van der Waals surface area contributed by atoms with E-state index in [0.717, 1.165) is 0 Å². The molecule has 0 bridgehead atoms. The standard InChI is InChI=1S/C11H19N3O3/c1-4-14(7-5-6-12)11(17)13-9(8(2)3)10(15)16/h8-9H,4-5,7H2,1-3H3,(H,13,17)(H,15,16)/t9-/m0/s1. The summed E-state index contributed by atoms with van der Waals surface area (Å²) in [5.41, 5.74) is 0. The first kappa shape index (κ1) is 15.2. The molecular weight excluding hydrogens is 222 g/mol. The van der Waals surface area contributed by atoms with E-state index in [1.165, 1.54) is 4.90 Å². The average molecular weight is 241 g/mol. The van der Waals surface area contributed by atoms with Gasteiger partial charge in [0, 0.05) is 13.1 Å². The summed E-state index contributed by atoms with van der Waals surface area (Å²) in [4.78, 5) is 24.1. The minimum Gasteiger partial charge on any atom is -0.480 e. The summed E-state index contributed by atoms with van der Waals surface area (Å²) >= 11 is 0. The highest BCUT2D eigenvalue weighted by molar-refractivity contribution is 5.82. The summed E-state index contributed by atoms with van der Waals surface area (Å²) in [5, 5.41) is 19.8. The van der Waals surface area contributed by atoms with Crippen LogP contribution in [-0.2, 0) is 4.79 Å². The average Bonchev–Trinajstić information content (AvgIpc) is 2.26. The van der Waals surface area contributed by atoms with E-state index in [2.05, 4.69) is 5.32 Å². The summed E-state index contributed by atoms with van der Waals surface area (Å²) in [6.07, 6.45) is 0.237. The number of nitrogens with one attached hydrogen (secondary N) is 1. The van der Waals surface area contributed by atoms with Gasteiger partial charge >= 0.3 is 12.0 Å². The van der Waals surface area contributed by atoms with E-state index < -0.39 is 18.0 Å². The van der Waals surface area contributed by atoms with Crippen molar-refractivity contribution in [2.75, 3.05) is 13.1 Å². The molecular formula is C11H19N3O3. The lowest BCUT2D eigenvalue weighted by Gasteiger charge is -2.24. The van der Waals surface area contributed by atoms with Crippen LogP contribution in [0.5, 0.6) is 0 Å². The molecule has 0 aromatic rings. The highest BCUT2D eigenvalue weighted by Gasteiger charge is 2.25. The molecule has 0 fully saturated rings. The zero-order valence-corrected chi connectivity index (χ0v) is 10.4. The van der Waals surface area contributed by atoms with Crippen LogP contribution < -0.4 is 5.32 Å². The van der Waals surface area contributed by atoms with Crippen molar-refractivity contribution in [3.05, 3.63) is 0 Å². The number of rotatable bonds is 6. The fourth-order valence-electron chi connectivity index (χ4n) is 1.33. The number of hydrogen-bond acceptors (Lipinski definition) is 3. The molecule has 0 saturated carbocycles. The van der Waals surface area contributed by atoms with Crippen LogP contribution in [0.15, 0.2) is 0 Å². The van der Waals surface area contributed by atoms with Crippen molar-refractivity contribution in [1.82, 2.24) is 10.2 Å². The number of aliphatic carboxylic acids is 1. The van der Waals surface area contributed by atoms with E-state index >= 15 is 0 Å². The zero-order chi connectivity index (χ0) is 13.4. The fraction of sp³-hybridized carbons (Fsp3) is 0.727. The van der Waals surface area contributed by atoms with E-state index in [4.69, 9.17) is 10.4 Å². The van der Waals surface area contributed by atoms with Gasteiger partial charge in [0.15, 0.2) is 0 Å². The van der Waals surface area contributed by atoms with Crippen LogP contribution in [0, 0.1) is 17.2 Å². The van der Waals surface area contributed by atoms with Gasteiger partial charge in [-0.1, -0.05) is 13.8 Å². The molecule has 0 saturated heterocycles. The second-order valence-electron chi connectivity index (χ2n) is 4.00. The Morgan fingerprint density at radius 2 is 2.06 bits per heavy atom. The smallest absolute Gasteiger partial charge is 0.326 e. The molecule has 0 aromatic heterocycles. The molecule has 0 spiro atoms. The van der Waals surface area contributed by atoms with Gasteiger partial charge in [0.25, 0.3) is 0 Å². The van der Waals surface area contributed by atoms with Crippen LogP contribution in [0.2, 0.25) is 0 Å². The van der Waals surface area contributed by atoms with Crippen molar-refractivity contribution in [3.63, 3.8) is 0 Å². The highest BCUT2D eigenvalue weighted by Crippen LogP contribution is 2.03. The number of nitriles is 1. The number of carbonyl (C=O) groups excluding carboxylic acids is 1. The lowest BCUT2D eigenvalue weighted by Crippen LogP contribution is -2.50. The Balaban J connectivity index is 4.47. The number of carboxylic acid groups (broad SMARTS) is 1. The third-order valence-corrected chi connectivity index (χ3v) is 2.37. The number of carbonyl (C=O) groups is 2. The number of amides is 2. The van der Waals surface area contributed by atoms with Crippen LogP contribution in [0.1, 0.15) is 27.2 Å². The third-order valence-electron chi connectivity index (χ3n) is 2.37. The number of urea groups is 1. The topological polar surface area (TPSA) is 93.4 Å². The zero-order valence-electron chi connectivity index (χ0n) is 10.4. The molecule has 0 radical (unpaired) electrons. The van der Waals surface area contributed by atoms with Crippen molar-refractivity contribution >= 4 is 12.0 Å². The van der Waals surface area contributed by atoms with Crippen molar-refractivity contribution in [2.45, 2.75) is 33.2 Å². The number of hydrogen-bond donors (Lipinski definition) is 2. The minimum absolute atomic E-state index is 0.189. The maximum atomic E-state index is 11.7. The van der Waals surface area contributed by atoms with Crippen molar-refractivity contribution < 1.29 is 14.7 Å². The predicted octanol–water partition coefficient (Wildman–Crippen LogP) is 1.04. The molecule has 96 valence electrons. The second kappa shape index (κ2) is 7.49. The first-order chi connectivity index (χ1) is 7.93. The second-order valence-corrected chi connectivity index (χ2v) is 4.00. The molecule has 0 rings (SSSR count). The van der Waals surface area contributed by atoms with Gasteiger partial charge in [0.05, 0.1) is 12.5 Å². The molecule has 0 aromatic carbocycles. The lowest BCUT2D eigenvalue weighted by molar-refractivity contribution is -0.140. The van der Waals surface area contributed by atoms with Crippen LogP contribution in [0.3, 0.4) is 0 Å². The summed E-state index contributed by atoms with van der Waals surface area (Å²) in [6, 6.07) is 0.603. The number of nitrogens with zero attached hydrogens (tertiary/aromatic N) is 2. The van der Waals surface area contributed by atoms with Gasteiger partial charge in [0.2, 0.25) is 0 Å². The molecule has 17 heavy (non-hydrogen) atoms. The van der Waals surface area contributed by atoms with Crippen molar-refractivity contribution in [2.24, 2.45) is 5.92 Å². The van der Waals surface area contributed by atoms with Gasteiger partial charge < -0.3 is 15.3 Å². The van der Waals surface area contributed by atoms with Crippen LogP contribution in [0.4, 0.5) is 4.79 Å². The van der Waals surface area contributed by atoms with Crippen molar-refractivity contribution in [3.8, 4) is 6.07 Å². The van der Waals surface area contributed by atoms with Crippen LogP contribution >= 0.6 is 0 Å². The van der Waals surface area contributed by atoms with E-state index in [9.17, 15) is 9.59 Å². The molecule has 0 unspecified atom stereocenters. The summed E-state index contributed by atoms with van der Waals surface area (Å²) in [7, 11) is 0. The first-order valence-corrected chi connectivity index (χ1v) is 5.59. The first-order valence-electron chi connectivity index (χ1n) is 5.59. The van der Waals surface area contributed by atoms with Crippen LogP contribution in [0.25, 0.3) is 0 Å². The summed E-state index contributed by atoms with van der Waals surface area (Å²) in [6.45, 7) is 5.98. The summed E-state index contributed by atoms with van der Waals surface area (Å²) in [5.74, 6) is -1.24. The molecule has 6 nitrogen and oxygen atoms in total. The Morgan fingerprint density at radius 1 is 1.47 bits per heavy atom. The van der Waals surface area contributed by atoms with Gasteiger partial charge in [-0.05, 0) is 12.8 Å². The van der Waals surface area contributed by atoms with E-state index in [0.29, 0.717) is 13.1 Å². The van der Waals surface area contributed by atoms with E-state index in [1.54, 1.807) is 20.8 Å². The maximum absolute atomic E-state index is 11.7. The molecule has 2 N–H and O–H groups in total. The van der Waals surface area contributed by atoms with E-state index in [-0.39, 0.29) is 12.3 Å². The number of carboxylic acids is 1. The van der Waals surface area contributed by atoms with Gasteiger partial charge in [0.1, 0.15) is 6.04 Å². The quantitative estimate of drug-likeness (QED) is 0.726. The largest absolute Gasteiger partial charge is 0.480 e.